The van der Waals surface area contributed by atoms with Gasteiger partial charge < -0.3 is 0 Å². The fraction of sp³-hybridized carbons (Fsp3) is 0.700. The minimum Gasteiger partial charge on any atom is -0.297 e. The normalized spacial score (nSPS) is 19.5. The van der Waals surface area contributed by atoms with E-state index in [2.05, 4.69) is 24.8 Å². The fourth-order valence-corrected chi connectivity index (χ4v) is 1.47. The lowest BCUT2D eigenvalue weighted by Crippen LogP contribution is -2.35. The first-order valence-corrected chi connectivity index (χ1v) is 4.55. The molecule has 1 aliphatic rings. The molecule has 2 nitrogen and oxygen atoms in total. The van der Waals surface area contributed by atoms with Crippen molar-refractivity contribution in [1.29, 1.82) is 0 Å². The van der Waals surface area contributed by atoms with Gasteiger partial charge in [-0.3, -0.25) is 9.69 Å². The van der Waals surface area contributed by atoms with Crippen LogP contribution in [0.25, 0.3) is 0 Å². The second kappa shape index (κ2) is 3.85. The summed E-state index contributed by atoms with van der Waals surface area (Å²) in [6.45, 7) is 7.99. The van der Waals surface area contributed by atoms with Crippen LogP contribution >= 0.6 is 0 Å². The molecule has 0 bridgehead atoms. The monoisotopic (exact) mass is 167 g/mol. The van der Waals surface area contributed by atoms with E-state index < -0.39 is 0 Å². The van der Waals surface area contributed by atoms with Crippen molar-refractivity contribution >= 4 is 5.78 Å². The summed E-state index contributed by atoms with van der Waals surface area (Å²) < 4.78 is 0. The van der Waals surface area contributed by atoms with E-state index in [0.717, 1.165) is 25.1 Å². The number of hydrogen-bond donors (Lipinski definition) is 0. The second-order valence-electron chi connectivity index (χ2n) is 3.62. The molecule has 0 aromatic rings. The molecule has 0 atom stereocenters. The van der Waals surface area contributed by atoms with Gasteiger partial charge in [0.05, 0.1) is 0 Å². The summed E-state index contributed by atoms with van der Waals surface area (Å²) in [5, 5.41) is 0. The number of nitrogens with zero attached hydrogens (tertiary/aromatic N) is 1. The van der Waals surface area contributed by atoms with Gasteiger partial charge in [0.25, 0.3) is 0 Å². The van der Waals surface area contributed by atoms with Crippen LogP contribution in [-0.4, -0.2) is 29.8 Å². The van der Waals surface area contributed by atoms with Gasteiger partial charge in [0, 0.05) is 19.1 Å². The zero-order chi connectivity index (χ0) is 9.14. The third-order valence-electron chi connectivity index (χ3n) is 2.42. The molecule has 0 aromatic heterocycles. The van der Waals surface area contributed by atoms with E-state index in [1.54, 1.807) is 6.92 Å². The third-order valence-corrected chi connectivity index (χ3v) is 2.42. The molecular weight excluding hydrogens is 150 g/mol. The van der Waals surface area contributed by atoms with Gasteiger partial charge in [0.2, 0.25) is 0 Å². The first kappa shape index (κ1) is 9.46. The van der Waals surface area contributed by atoms with Crippen molar-refractivity contribution in [1.82, 2.24) is 4.90 Å². The predicted molar refractivity (Wildman–Crippen MR) is 50.1 cm³/mol. The van der Waals surface area contributed by atoms with Gasteiger partial charge in [0.15, 0.2) is 5.78 Å². The highest BCUT2D eigenvalue weighted by atomic mass is 16.1. The molecule has 0 N–H and O–H groups in total. The van der Waals surface area contributed by atoms with Crippen molar-refractivity contribution in [3.05, 3.63) is 11.6 Å². The Balaban J connectivity index is 2.53. The first-order chi connectivity index (χ1) is 5.61. The predicted octanol–water partition coefficient (Wildman–Crippen LogP) is 1.62. The molecule has 2 heteroatoms. The van der Waals surface area contributed by atoms with Gasteiger partial charge in [-0.1, -0.05) is 6.08 Å². The molecule has 0 saturated heterocycles. The SMILES string of the molecule is CC(=O)C1=CCN(C(C)C)CC1. The number of carbonyl (C=O) groups excluding carboxylic acids is 1. The van der Waals surface area contributed by atoms with Crippen molar-refractivity contribution < 1.29 is 4.79 Å². The van der Waals surface area contributed by atoms with Crippen molar-refractivity contribution in [2.24, 2.45) is 0 Å². The fourth-order valence-electron chi connectivity index (χ4n) is 1.47. The van der Waals surface area contributed by atoms with E-state index in [1.165, 1.54) is 0 Å². The summed E-state index contributed by atoms with van der Waals surface area (Å²) in [6, 6.07) is 0.592. The van der Waals surface area contributed by atoms with Crippen LogP contribution in [-0.2, 0) is 4.79 Å². The molecule has 0 fully saturated rings. The molecule has 0 aromatic carbocycles. The highest BCUT2D eigenvalue weighted by molar-refractivity contribution is 5.93. The van der Waals surface area contributed by atoms with E-state index in [1.807, 2.05) is 0 Å². The largest absolute Gasteiger partial charge is 0.297 e. The molecule has 12 heavy (non-hydrogen) atoms. The summed E-state index contributed by atoms with van der Waals surface area (Å²) in [4.78, 5) is 13.4. The molecule has 0 saturated carbocycles. The Morgan fingerprint density at radius 2 is 2.25 bits per heavy atom. The van der Waals surface area contributed by atoms with Crippen molar-refractivity contribution in [2.75, 3.05) is 13.1 Å². The number of ketones is 1. The van der Waals surface area contributed by atoms with Crippen molar-refractivity contribution in [3.63, 3.8) is 0 Å². The number of carbonyl (C=O) groups is 1. The summed E-state index contributed by atoms with van der Waals surface area (Å²) >= 11 is 0. The highest BCUT2D eigenvalue weighted by Gasteiger charge is 2.15. The van der Waals surface area contributed by atoms with Crippen LogP contribution in [0.4, 0.5) is 0 Å². The molecule has 0 spiro atoms. The van der Waals surface area contributed by atoms with Crippen LogP contribution in [0.5, 0.6) is 0 Å². The molecule has 1 heterocycles. The van der Waals surface area contributed by atoms with E-state index in [9.17, 15) is 4.79 Å². The Kier molecular flexibility index (Phi) is 3.04. The Hall–Kier alpha value is -0.630. The van der Waals surface area contributed by atoms with Crippen LogP contribution in [0.2, 0.25) is 0 Å². The van der Waals surface area contributed by atoms with Gasteiger partial charge >= 0.3 is 0 Å². The van der Waals surface area contributed by atoms with E-state index in [-0.39, 0.29) is 5.78 Å². The van der Waals surface area contributed by atoms with Crippen LogP contribution in [0.15, 0.2) is 11.6 Å². The summed E-state index contributed by atoms with van der Waals surface area (Å²) in [5.74, 6) is 0.235. The molecule has 0 unspecified atom stereocenters. The van der Waals surface area contributed by atoms with E-state index in [0.29, 0.717) is 6.04 Å². The zero-order valence-corrected chi connectivity index (χ0v) is 8.13. The number of rotatable bonds is 2. The smallest absolute Gasteiger partial charge is 0.155 e. The minimum atomic E-state index is 0.235. The maximum absolute atomic E-state index is 11.0. The lowest BCUT2D eigenvalue weighted by Gasteiger charge is -2.28. The maximum atomic E-state index is 11.0. The summed E-state index contributed by atoms with van der Waals surface area (Å²) in [5.41, 5.74) is 1.01. The summed E-state index contributed by atoms with van der Waals surface area (Å²) in [6.07, 6.45) is 2.99. The third kappa shape index (κ3) is 2.18. The molecular formula is C10H17NO. The molecule has 68 valence electrons. The Morgan fingerprint density at radius 1 is 1.58 bits per heavy atom. The maximum Gasteiger partial charge on any atom is 0.155 e. The average molecular weight is 167 g/mol. The Bertz CT molecular complexity index is 206. The quantitative estimate of drug-likeness (QED) is 0.623. The molecule has 0 amide bonds. The zero-order valence-electron chi connectivity index (χ0n) is 8.13. The van der Waals surface area contributed by atoms with E-state index >= 15 is 0 Å². The van der Waals surface area contributed by atoms with Gasteiger partial charge in [0.1, 0.15) is 0 Å². The Labute approximate surface area is 74.2 Å². The van der Waals surface area contributed by atoms with Gasteiger partial charge in [-0.2, -0.15) is 0 Å². The first-order valence-electron chi connectivity index (χ1n) is 4.55. The summed E-state index contributed by atoms with van der Waals surface area (Å²) in [7, 11) is 0. The molecule has 0 aliphatic carbocycles. The van der Waals surface area contributed by atoms with Crippen LogP contribution in [0.3, 0.4) is 0 Å². The van der Waals surface area contributed by atoms with Crippen LogP contribution < -0.4 is 0 Å². The van der Waals surface area contributed by atoms with Crippen molar-refractivity contribution in [2.45, 2.75) is 33.2 Å². The minimum absolute atomic E-state index is 0.235. The van der Waals surface area contributed by atoms with Crippen LogP contribution in [0.1, 0.15) is 27.2 Å². The second-order valence-corrected chi connectivity index (χ2v) is 3.62. The van der Waals surface area contributed by atoms with Gasteiger partial charge in [-0.15, -0.1) is 0 Å². The number of Topliss-reactive ketones (excluding diaryl/α,β-unsaturated/α-hetero) is 1. The highest BCUT2D eigenvalue weighted by Crippen LogP contribution is 2.13. The molecule has 1 rings (SSSR count). The lowest BCUT2D eigenvalue weighted by molar-refractivity contribution is -0.113. The molecule has 0 radical (unpaired) electrons. The van der Waals surface area contributed by atoms with Gasteiger partial charge in [-0.25, -0.2) is 0 Å². The lowest BCUT2D eigenvalue weighted by atomic mass is 10.0. The van der Waals surface area contributed by atoms with E-state index in [4.69, 9.17) is 0 Å². The van der Waals surface area contributed by atoms with Crippen molar-refractivity contribution in [3.8, 4) is 0 Å². The standard InChI is InChI=1S/C10H17NO/c1-8(2)11-6-4-10(5-7-11)9(3)12/h4,8H,5-7H2,1-3H3. The van der Waals surface area contributed by atoms with Crippen LogP contribution in [0, 0.1) is 0 Å². The molecule has 1 aliphatic heterocycles. The average Bonchev–Trinajstić information content (AvgIpc) is 2.04. The number of hydrogen-bond acceptors (Lipinski definition) is 2. The Morgan fingerprint density at radius 3 is 2.58 bits per heavy atom. The topological polar surface area (TPSA) is 20.3 Å². The van der Waals surface area contributed by atoms with Gasteiger partial charge in [-0.05, 0) is 32.8 Å².